The summed E-state index contributed by atoms with van der Waals surface area (Å²) in [6.07, 6.45) is -11.6. The van der Waals surface area contributed by atoms with Gasteiger partial charge in [-0.05, 0) is 42.9 Å². The van der Waals surface area contributed by atoms with E-state index in [1.807, 2.05) is 6.92 Å². The maximum Gasteiger partial charge on any atom is 0.426 e. The van der Waals surface area contributed by atoms with E-state index in [1.54, 1.807) is 0 Å². The maximum atomic E-state index is 12.7. The van der Waals surface area contributed by atoms with Crippen molar-refractivity contribution in [3.05, 3.63) is 0 Å². The minimum absolute atomic E-state index is 0.102. The van der Waals surface area contributed by atoms with Crippen molar-refractivity contribution < 1.29 is 31.4 Å². The molecule has 0 heterocycles. The Hall–Kier alpha value is 0.270. The van der Waals surface area contributed by atoms with Gasteiger partial charge in [-0.1, -0.05) is 29.5 Å². The third kappa shape index (κ3) is 2.44. The third-order valence-electron chi connectivity index (χ3n) is 4.91. The monoisotopic (exact) mass is 416 g/mol. The highest BCUT2D eigenvalue weighted by Crippen LogP contribution is 2.58. The van der Waals surface area contributed by atoms with Crippen molar-refractivity contribution in [1.29, 1.82) is 0 Å². The van der Waals surface area contributed by atoms with Crippen molar-refractivity contribution in [1.82, 2.24) is 0 Å². The van der Waals surface area contributed by atoms with Crippen molar-refractivity contribution in [3.8, 4) is 0 Å². The minimum atomic E-state index is -5.69. The molecule has 8 heteroatoms. The summed E-state index contributed by atoms with van der Waals surface area (Å²) in [7, 11) is 0. The van der Waals surface area contributed by atoms with E-state index < -0.39 is 30.3 Å². The van der Waals surface area contributed by atoms with Crippen molar-refractivity contribution in [3.63, 3.8) is 0 Å². The van der Waals surface area contributed by atoms with Gasteiger partial charge in [-0.2, -0.15) is 26.3 Å². The first-order valence-electron chi connectivity index (χ1n) is 6.38. The van der Waals surface area contributed by atoms with Gasteiger partial charge in [0.1, 0.15) is 0 Å². The van der Waals surface area contributed by atoms with Crippen LogP contribution in [-0.4, -0.2) is 27.0 Å². The summed E-state index contributed by atoms with van der Waals surface area (Å²) >= 11 is 2.22. The molecule has 0 spiro atoms. The molecule has 0 aliphatic heterocycles. The van der Waals surface area contributed by atoms with Crippen LogP contribution in [0, 0.1) is 23.7 Å². The summed E-state index contributed by atoms with van der Waals surface area (Å²) in [6, 6.07) is 0. The van der Waals surface area contributed by atoms with Gasteiger partial charge in [-0.3, -0.25) is 0 Å². The number of rotatable bonds is 2. The van der Waals surface area contributed by atoms with E-state index in [0.29, 0.717) is 16.8 Å². The van der Waals surface area contributed by atoms with E-state index in [2.05, 4.69) is 22.6 Å². The molecule has 0 aromatic rings. The molecule has 2 saturated carbocycles. The fourth-order valence-corrected chi connectivity index (χ4v) is 4.90. The predicted octanol–water partition coefficient (Wildman–Crippen LogP) is 4.33. The standard InChI is InChI=1S/C12H15F6IO/c1-5-8-3-6(9(5)19)2-7(8)4-10(20,11(13,14)15)12(16,17)18/h5-9,20H,2-4H2,1H3. The van der Waals surface area contributed by atoms with E-state index in [1.165, 1.54) is 0 Å². The Morgan fingerprint density at radius 2 is 1.55 bits per heavy atom. The van der Waals surface area contributed by atoms with Crippen molar-refractivity contribution >= 4 is 22.6 Å². The summed E-state index contributed by atoms with van der Waals surface area (Å²) < 4.78 is 76.5. The Bertz CT molecular complexity index is 363. The number of alkyl halides is 7. The number of aliphatic hydroxyl groups is 1. The van der Waals surface area contributed by atoms with Crippen LogP contribution >= 0.6 is 22.6 Å². The second kappa shape index (κ2) is 4.89. The van der Waals surface area contributed by atoms with Gasteiger partial charge in [0.25, 0.3) is 5.60 Å². The van der Waals surface area contributed by atoms with Crippen LogP contribution < -0.4 is 0 Å². The quantitative estimate of drug-likeness (QED) is 0.404. The van der Waals surface area contributed by atoms with Gasteiger partial charge in [0.05, 0.1) is 0 Å². The molecule has 2 fully saturated rings. The van der Waals surface area contributed by atoms with Gasteiger partial charge in [-0.15, -0.1) is 0 Å². The minimum Gasteiger partial charge on any atom is -0.374 e. The molecule has 5 unspecified atom stereocenters. The number of halogens is 7. The average molecular weight is 416 g/mol. The summed E-state index contributed by atoms with van der Waals surface area (Å²) in [5, 5.41) is 9.27. The van der Waals surface area contributed by atoms with E-state index in [4.69, 9.17) is 0 Å². The lowest BCUT2D eigenvalue weighted by Crippen LogP contribution is -2.58. The molecule has 0 aromatic carbocycles. The highest BCUT2D eigenvalue weighted by molar-refractivity contribution is 14.1. The fourth-order valence-electron chi connectivity index (χ4n) is 3.78. The van der Waals surface area contributed by atoms with Gasteiger partial charge in [0.2, 0.25) is 0 Å². The van der Waals surface area contributed by atoms with Crippen LogP contribution in [0.2, 0.25) is 0 Å². The molecular formula is C12H15F6IO. The third-order valence-corrected chi connectivity index (χ3v) is 7.06. The van der Waals surface area contributed by atoms with Gasteiger partial charge in [0.15, 0.2) is 0 Å². The average Bonchev–Trinajstić information content (AvgIpc) is 2.77. The first kappa shape index (κ1) is 16.6. The Kier molecular flexibility index (Phi) is 4.07. The summed E-state index contributed by atoms with van der Waals surface area (Å²) in [5.41, 5.74) is -4.59. The van der Waals surface area contributed by atoms with E-state index in [-0.39, 0.29) is 17.8 Å². The van der Waals surface area contributed by atoms with E-state index in [9.17, 15) is 31.4 Å². The van der Waals surface area contributed by atoms with Crippen molar-refractivity contribution in [2.45, 2.75) is 48.1 Å². The first-order chi connectivity index (χ1) is 8.88. The van der Waals surface area contributed by atoms with Crippen LogP contribution in [-0.2, 0) is 0 Å². The molecule has 20 heavy (non-hydrogen) atoms. The number of fused-ring (bicyclic) bond motifs is 2. The Morgan fingerprint density at radius 1 is 1.05 bits per heavy atom. The zero-order valence-corrected chi connectivity index (χ0v) is 12.8. The Labute approximate surface area is 126 Å². The summed E-state index contributed by atoms with van der Waals surface area (Å²) in [5.74, 6) is -0.594. The topological polar surface area (TPSA) is 20.2 Å². The lowest BCUT2D eigenvalue weighted by Gasteiger charge is -2.38. The maximum absolute atomic E-state index is 12.7. The lowest BCUT2D eigenvalue weighted by atomic mass is 9.75. The van der Waals surface area contributed by atoms with Crippen LogP contribution in [0.15, 0.2) is 0 Å². The molecule has 1 N–H and O–H groups in total. The van der Waals surface area contributed by atoms with Gasteiger partial charge >= 0.3 is 12.4 Å². The molecule has 2 aliphatic rings. The van der Waals surface area contributed by atoms with E-state index in [0.717, 1.165) is 0 Å². The van der Waals surface area contributed by atoms with Crippen LogP contribution in [0.3, 0.4) is 0 Å². The normalized spacial score (nSPS) is 38.5. The largest absolute Gasteiger partial charge is 0.426 e. The van der Waals surface area contributed by atoms with Crippen LogP contribution in [0.1, 0.15) is 26.2 Å². The molecule has 5 atom stereocenters. The molecule has 0 amide bonds. The lowest BCUT2D eigenvalue weighted by molar-refractivity contribution is -0.373. The second-order valence-corrected chi connectivity index (χ2v) is 7.46. The number of hydrogen-bond acceptors (Lipinski definition) is 1. The molecule has 2 aliphatic carbocycles. The molecule has 2 rings (SSSR count). The zero-order valence-electron chi connectivity index (χ0n) is 10.6. The van der Waals surface area contributed by atoms with Crippen LogP contribution in [0.4, 0.5) is 26.3 Å². The fraction of sp³-hybridized carbons (Fsp3) is 1.00. The SMILES string of the molecule is CC1C(I)C2CC(CC(O)(C(F)(F)F)C(F)(F)F)C1C2. The molecule has 0 aromatic heterocycles. The van der Waals surface area contributed by atoms with Crippen LogP contribution in [0.25, 0.3) is 0 Å². The summed E-state index contributed by atoms with van der Waals surface area (Å²) in [4.78, 5) is 0. The van der Waals surface area contributed by atoms with Crippen molar-refractivity contribution in [2.24, 2.45) is 23.7 Å². The molecule has 0 radical (unpaired) electrons. The van der Waals surface area contributed by atoms with Gasteiger partial charge in [-0.25, -0.2) is 0 Å². The highest BCUT2D eigenvalue weighted by Gasteiger charge is 2.71. The van der Waals surface area contributed by atoms with Crippen molar-refractivity contribution in [2.75, 3.05) is 0 Å². The van der Waals surface area contributed by atoms with Gasteiger partial charge < -0.3 is 5.11 Å². The predicted molar refractivity (Wildman–Crippen MR) is 68.4 cm³/mol. The smallest absolute Gasteiger partial charge is 0.374 e. The second-order valence-electron chi connectivity index (χ2n) is 6.02. The Balaban J connectivity index is 2.20. The molecule has 2 bridgehead atoms. The van der Waals surface area contributed by atoms with Crippen LogP contribution in [0.5, 0.6) is 0 Å². The molecular weight excluding hydrogens is 401 g/mol. The molecule has 0 saturated heterocycles. The molecule has 1 nitrogen and oxygen atoms in total. The zero-order chi connectivity index (χ0) is 15.5. The Morgan fingerprint density at radius 3 is 1.90 bits per heavy atom. The number of hydrogen-bond donors (Lipinski definition) is 1. The summed E-state index contributed by atoms with van der Waals surface area (Å²) in [6.45, 7) is 1.87. The molecule has 118 valence electrons. The van der Waals surface area contributed by atoms with Gasteiger partial charge in [0, 0.05) is 3.92 Å². The first-order valence-corrected chi connectivity index (χ1v) is 7.63. The van der Waals surface area contributed by atoms with E-state index >= 15 is 0 Å². The highest BCUT2D eigenvalue weighted by atomic mass is 127.